The lowest BCUT2D eigenvalue weighted by Crippen LogP contribution is -2.39. The smallest absolute Gasteiger partial charge is 0.0922 e. The van der Waals surface area contributed by atoms with Crippen LogP contribution in [0.4, 0.5) is 0 Å². The SMILES string of the molecule is CNCC(=S)N1CCCC1CS. The Kier molecular flexibility index (Phi) is 4.32. The van der Waals surface area contributed by atoms with E-state index in [1.54, 1.807) is 0 Å². The summed E-state index contributed by atoms with van der Waals surface area (Å²) in [5.41, 5.74) is 0. The zero-order valence-electron chi connectivity index (χ0n) is 7.42. The lowest BCUT2D eigenvalue weighted by molar-refractivity contribution is 0.421. The van der Waals surface area contributed by atoms with E-state index in [2.05, 4.69) is 22.8 Å². The molecule has 0 aliphatic carbocycles. The van der Waals surface area contributed by atoms with Gasteiger partial charge in [0.15, 0.2) is 0 Å². The third kappa shape index (κ3) is 2.34. The van der Waals surface area contributed by atoms with E-state index in [0.29, 0.717) is 6.04 Å². The highest BCUT2D eigenvalue weighted by Crippen LogP contribution is 2.18. The van der Waals surface area contributed by atoms with Crippen molar-refractivity contribution in [3.8, 4) is 0 Å². The van der Waals surface area contributed by atoms with Crippen LogP contribution in [0.25, 0.3) is 0 Å². The molecular weight excluding hydrogens is 188 g/mol. The fourth-order valence-electron chi connectivity index (χ4n) is 1.61. The molecule has 1 fully saturated rings. The summed E-state index contributed by atoms with van der Waals surface area (Å²) in [6, 6.07) is 0.578. The maximum Gasteiger partial charge on any atom is 0.0922 e. The molecule has 1 unspecified atom stereocenters. The number of hydrogen-bond donors (Lipinski definition) is 2. The Morgan fingerprint density at radius 2 is 2.50 bits per heavy atom. The highest BCUT2D eigenvalue weighted by Gasteiger charge is 2.24. The maximum absolute atomic E-state index is 5.29. The maximum atomic E-state index is 5.29. The zero-order chi connectivity index (χ0) is 8.97. The molecule has 2 nitrogen and oxygen atoms in total. The number of likely N-dealkylation sites (tertiary alicyclic amines) is 1. The van der Waals surface area contributed by atoms with Crippen molar-refractivity contribution in [1.29, 1.82) is 0 Å². The molecule has 1 saturated heterocycles. The highest BCUT2D eigenvalue weighted by molar-refractivity contribution is 7.80. The summed E-state index contributed by atoms with van der Waals surface area (Å²) in [6.45, 7) is 1.94. The number of thiocarbonyl (C=S) groups is 1. The summed E-state index contributed by atoms with van der Waals surface area (Å²) in [4.78, 5) is 3.34. The van der Waals surface area contributed by atoms with Crippen LogP contribution in [-0.2, 0) is 0 Å². The molecule has 1 N–H and O–H groups in total. The Balaban J connectivity index is 2.43. The number of nitrogens with one attached hydrogen (secondary N) is 1. The number of thiol groups is 1. The molecule has 0 amide bonds. The van der Waals surface area contributed by atoms with Crippen LogP contribution in [0.1, 0.15) is 12.8 Å². The third-order valence-electron chi connectivity index (χ3n) is 2.24. The first-order chi connectivity index (χ1) is 5.79. The monoisotopic (exact) mass is 204 g/mol. The van der Waals surface area contributed by atoms with Crippen molar-refractivity contribution in [2.75, 3.05) is 25.9 Å². The molecule has 0 aromatic rings. The fourth-order valence-corrected chi connectivity index (χ4v) is 2.37. The largest absolute Gasteiger partial charge is 0.361 e. The molecule has 1 heterocycles. The van der Waals surface area contributed by atoms with Crippen molar-refractivity contribution in [2.45, 2.75) is 18.9 Å². The van der Waals surface area contributed by atoms with E-state index in [4.69, 9.17) is 12.2 Å². The van der Waals surface area contributed by atoms with Gasteiger partial charge in [0.2, 0.25) is 0 Å². The molecule has 0 bridgehead atoms. The van der Waals surface area contributed by atoms with Crippen molar-refractivity contribution in [3.05, 3.63) is 0 Å². The first-order valence-electron chi connectivity index (χ1n) is 4.34. The summed E-state index contributed by atoms with van der Waals surface area (Å²) in [5, 5.41) is 3.08. The molecule has 0 aromatic heterocycles. The first-order valence-corrected chi connectivity index (χ1v) is 5.38. The summed E-state index contributed by atoms with van der Waals surface area (Å²) in [6.07, 6.45) is 2.50. The highest BCUT2D eigenvalue weighted by atomic mass is 32.1. The number of hydrogen-bond acceptors (Lipinski definition) is 3. The normalized spacial score (nSPS) is 23.2. The van der Waals surface area contributed by atoms with Crippen LogP contribution >= 0.6 is 24.8 Å². The van der Waals surface area contributed by atoms with Gasteiger partial charge >= 0.3 is 0 Å². The molecule has 0 aromatic carbocycles. The Labute approximate surface area is 85.1 Å². The van der Waals surface area contributed by atoms with E-state index in [9.17, 15) is 0 Å². The first kappa shape index (κ1) is 10.3. The second-order valence-electron chi connectivity index (χ2n) is 3.10. The second kappa shape index (κ2) is 5.04. The molecular formula is C8H16N2S2. The Bertz CT molecular complexity index is 161. The molecule has 1 atom stereocenters. The summed E-state index contributed by atoms with van der Waals surface area (Å²) >= 11 is 9.60. The molecule has 1 aliphatic heterocycles. The molecule has 1 aliphatic rings. The van der Waals surface area contributed by atoms with Crippen LogP contribution < -0.4 is 5.32 Å². The number of likely N-dealkylation sites (N-methyl/N-ethyl adjacent to an activating group) is 1. The minimum atomic E-state index is 0.578. The van der Waals surface area contributed by atoms with Crippen molar-refractivity contribution in [3.63, 3.8) is 0 Å². The Hall–Kier alpha value is 0.200. The number of nitrogens with zero attached hydrogens (tertiary/aromatic N) is 1. The van der Waals surface area contributed by atoms with Gasteiger partial charge in [-0.2, -0.15) is 12.6 Å². The fraction of sp³-hybridized carbons (Fsp3) is 0.875. The van der Waals surface area contributed by atoms with Crippen LogP contribution in [0.2, 0.25) is 0 Å². The van der Waals surface area contributed by atoms with Crippen LogP contribution in [-0.4, -0.2) is 41.8 Å². The second-order valence-corrected chi connectivity index (χ2v) is 3.93. The van der Waals surface area contributed by atoms with Gasteiger partial charge in [0.05, 0.1) is 4.99 Å². The average molecular weight is 204 g/mol. The van der Waals surface area contributed by atoms with E-state index in [1.807, 2.05) is 7.05 Å². The Morgan fingerprint density at radius 3 is 3.08 bits per heavy atom. The van der Waals surface area contributed by atoms with E-state index in [-0.39, 0.29) is 0 Å². The topological polar surface area (TPSA) is 15.3 Å². The minimum absolute atomic E-state index is 0.578. The lowest BCUT2D eigenvalue weighted by atomic mass is 10.2. The van der Waals surface area contributed by atoms with E-state index < -0.39 is 0 Å². The predicted molar refractivity (Wildman–Crippen MR) is 60.1 cm³/mol. The zero-order valence-corrected chi connectivity index (χ0v) is 9.13. The quantitative estimate of drug-likeness (QED) is 0.525. The molecule has 4 heteroatoms. The summed E-state index contributed by atoms with van der Waals surface area (Å²) in [7, 11) is 1.93. The van der Waals surface area contributed by atoms with Crippen LogP contribution in [0.15, 0.2) is 0 Å². The third-order valence-corrected chi connectivity index (χ3v) is 3.04. The minimum Gasteiger partial charge on any atom is -0.361 e. The van der Waals surface area contributed by atoms with Gasteiger partial charge in [-0.3, -0.25) is 0 Å². The van der Waals surface area contributed by atoms with Gasteiger partial charge in [-0.05, 0) is 19.9 Å². The van der Waals surface area contributed by atoms with Gasteiger partial charge in [-0.15, -0.1) is 0 Å². The van der Waals surface area contributed by atoms with Gasteiger partial charge in [0.25, 0.3) is 0 Å². The van der Waals surface area contributed by atoms with Crippen LogP contribution in [0.5, 0.6) is 0 Å². The summed E-state index contributed by atoms with van der Waals surface area (Å²) in [5.74, 6) is 0.920. The van der Waals surface area contributed by atoms with Gasteiger partial charge in [0.1, 0.15) is 0 Å². The molecule has 0 saturated carbocycles. The van der Waals surface area contributed by atoms with Crippen molar-refractivity contribution < 1.29 is 0 Å². The lowest BCUT2D eigenvalue weighted by Gasteiger charge is -2.25. The summed E-state index contributed by atoms with van der Waals surface area (Å²) < 4.78 is 0. The van der Waals surface area contributed by atoms with Crippen molar-refractivity contribution in [2.24, 2.45) is 0 Å². The van der Waals surface area contributed by atoms with E-state index in [1.165, 1.54) is 12.8 Å². The number of rotatable bonds is 3. The van der Waals surface area contributed by atoms with Gasteiger partial charge < -0.3 is 10.2 Å². The van der Waals surface area contributed by atoms with E-state index in [0.717, 1.165) is 23.8 Å². The van der Waals surface area contributed by atoms with E-state index >= 15 is 0 Å². The molecule has 0 radical (unpaired) electrons. The predicted octanol–water partition coefficient (Wildman–Crippen LogP) is 0.927. The average Bonchev–Trinajstić information content (AvgIpc) is 2.51. The van der Waals surface area contributed by atoms with Crippen LogP contribution in [0.3, 0.4) is 0 Å². The Morgan fingerprint density at radius 1 is 1.75 bits per heavy atom. The van der Waals surface area contributed by atoms with Crippen molar-refractivity contribution in [1.82, 2.24) is 10.2 Å². The standard InChI is InChI=1S/C8H16N2S2/c1-9-5-8(12)10-4-2-3-7(10)6-11/h7,9,11H,2-6H2,1H3. The molecule has 12 heavy (non-hydrogen) atoms. The molecule has 1 rings (SSSR count). The van der Waals surface area contributed by atoms with Crippen LogP contribution in [0, 0.1) is 0 Å². The molecule has 0 spiro atoms. The van der Waals surface area contributed by atoms with Gasteiger partial charge in [0, 0.05) is 24.9 Å². The van der Waals surface area contributed by atoms with Gasteiger partial charge in [-0.1, -0.05) is 12.2 Å². The van der Waals surface area contributed by atoms with Gasteiger partial charge in [-0.25, -0.2) is 0 Å². The van der Waals surface area contributed by atoms with Crippen molar-refractivity contribution >= 4 is 29.8 Å². The molecule has 70 valence electrons.